The van der Waals surface area contributed by atoms with E-state index >= 15 is 0 Å². The van der Waals surface area contributed by atoms with Crippen molar-refractivity contribution in [1.29, 1.82) is 0 Å². The lowest BCUT2D eigenvalue weighted by Gasteiger charge is -2.25. The Labute approximate surface area is 432 Å². The summed E-state index contributed by atoms with van der Waals surface area (Å²) in [5.41, 5.74) is 17.4. The molecule has 18 heteroatoms. The number of hydrogen-bond acceptors (Lipinski definition) is 7. The molecule has 3 atom stereocenters. The molecule has 14 nitrogen and oxygen atoms in total. The second kappa shape index (κ2) is 30.8. The summed E-state index contributed by atoms with van der Waals surface area (Å²) >= 11 is 0. The lowest BCUT2D eigenvalue weighted by atomic mass is 9.92. The van der Waals surface area contributed by atoms with E-state index in [0.29, 0.717) is 50.5 Å². The van der Waals surface area contributed by atoms with Crippen LogP contribution >= 0.6 is 27.0 Å². The molecule has 0 fully saturated rings. The van der Waals surface area contributed by atoms with E-state index in [1.54, 1.807) is 0 Å². The number of esters is 1. The van der Waals surface area contributed by atoms with Crippen molar-refractivity contribution < 1.29 is 68.9 Å². The first kappa shape index (κ1) is 61.4. The molecule has 5 aromatic carbocycles. The van der Waals surface area contributed by atoms with E-state index in [2.05, 4.69) is 60.1 Å². The Hall–Kier alpha value is -5.65. The van der Waals surface area contributed by atoms with E-state index in [9.17, 15) is 19.2 Å². The summed E-state index contributed by atoms with van der Waals surface area (Å²) in [5, 5.41) is 12.3. The Morgan fingerprint density at radius 3 is 1.77 bits per heavy atom. The van der Waals surface area contributed by atoms with Crippen LogP contribution in [0.1, 0.15) is 64.9 Å². The molecule has 0 aliphatic rings. The second-order valence-electron chi connectivity index (χ2n) is 17.2. The van der Waals surface area contributed by atoms with Crippen LogP contribution in [0, 0.1) is 5.41 Å². The van der Waals surface area contributed by atoms with Gasteiger partial charge in [0, 0.05) is 11.1 Å². The van der Waals surface area contributed by atoms with Crippen LogP contribution in [-0.4, -0.2) is 74.1 Å². The number of carbonyl (C=O) groups is 4. The molecule has 11 N–H and O–H groups in total. The maximum absolute atomic E-state index is 14.1. The van der Waals surface area contributed by atoms with E-state index < -0.39 is 48.4 Å². The van der Waals surface area contributed by atoms with Crippen molar-refractivity contribution in [3.8, 4) is 22.6 Å². The van der Waals surface area contributed by atoms with Crippen LogP contribution in [0.4, 0.5) is 0 Å². The lowest BCUT2D eigenvalue weighted by Crippen LogP contribution is -3.00. The number of ether oxygens (including phenoxy) is 3. The van der Waals surface area contributed by atoms with Crippen LogP contribution in [0.15, 0.2) is 116 Å². The molecular weight excluding hydrogens is 958 g/mol. The standard InChI is InChI=1S/C51H63N7O7.2ClH.2H2S/c1-5-16-41(49(62)64-31-34-17-7-6-8-18-34)58-48(61)40(24-15-30-55-50(53)54)57-47(60)39(23-13-14-29-52)56-44(59)32-63-42-27-25-35-19-9-11-21-37(35)45(42)46-38-22-12-10-20-36(38)26-28-43(46)65-33-51(2,3)4;;;;/h5-12,17-22,25-28,39-41H,1,13-16,23-24,29-33,52H2,2-4H3,(H,56,59)(H,57,60)(H,58,61)(H4,53,54,55);2*1H;2*1H2/t39-,40-,41+;;;;/m1..../s1. The van der Waals surface area contributed by atoms with E-state index in [0.717, 1.165) is 38.2 Å². The molecule has 0 aromatic heterocycles. The largest absolute Gasteiger partial charge is 1.00 e. The van der Waals surface area contributed by atoms with Gasteiger partial charge in [-0.25, -0.2) is 4.79 Å². The molecule has 0 saturated heterocycles. The third kappa shape index (κ3) is 19.0. The number of halogens is 2. The SMILES string of the molecule is C=CC[C@H](NC(=O)[C@@H](CCC[NH+]=C(N)N)NC(=O)[C@@H](CCCC[NH3+])NC(=O)COc1ccc2ccccc2c1-c1c(OCC(C)(C)C)ccc2ccccc12)C(=O)OCc1ccccc1.S.S.[Cl-].[Cl-]. The maximum Gasteiger partial charge on any atom is 0.338 e. The molecule has 5 rings (SSSR count). The molecule has 0 saturated carbocycles. The van der Waals surface area contributed by atoms with Crippen LogP contribution in [-0.2, 0) is 30.5 Å². The molecule has 3 amide bonds. The Balaban J connectivity index is 0.00000595. The normalized spacial score (nSPS) is 11.9. The van der Waals surface area contributed by atoms with Gasteiger partial charge in [-0.3, -0.25) is 30.8 Å². The van der Waals surface area contributed by atoms with Crippen molar-refractivity contribution in [2.45, 2.75) is 84.0 Å². The minimum Gasteiger partial charge on any atom is -1.00 e. The fourth-order valence-corrected chi connectivity index (χ4v) is 7.29. The first-order valence-corrected chi connectivity index (χ1v) is 22.2. The molecule has 376 valence electrons. The van der Waals surface area contributed by atoms with Gasteiger partial charge in [-0.1, -0.05) is 118 Å². The van der Waals surface area contributed by atoms with Crippen LogP contribution < -0.4 is 72.4 Å². The summed E-state index contributed by atoms with van der Waals surface area (Å²) in [7, 11) is 0. The van der Waals surface area contributed by atoms with Crippen molar-refractivity contribution in [2.24, 2.45) is 16.9 Å². The van der Waals surface area contributed by atoms with Gasteiger partial charge in [-0.2, -0.15) is 27.0 Å². The first-order chi connectivity index (χ1) is 31.3. The van der Waals surface area contributed by atoms with Gasteiger partial charge >= 0.3 is 11.9 Å². The molecule has 0 bridgehead atoms. The monoisotopic (exact) mass is 1030 g/mol. The number of hydrogen-bond donors (Lipinski definition) is 7. The number of guanidine groups is 1. The molecule has 0 spiro atoms. The minimum absolute atomic E-state index is 0. The molecule has 0 radical (unpaired) electrons. The summed E-state index contributed by atoms with van der Waals surface area (Å²) in [6.07, 6.45) is 3.69. The van der Waals surface area contributed by atoms with Gasteiger partial charge in [0.2, 0.25) is 11.8 Å². The quantitative estimate of drug-likeness (QED) is 0.0119. The maximum atomic E-state index is 14.1. The van der Waals surface area contributed by atoms with Crippen LogP contribution in [0.3, 0.4) is 0 Å². The third-order valence-corrected chi connectivity index (χ3v) is 10.6. The number of amides is 3. The highest BCUT2D eigenvalue weighted by molar-refractivity contribution is 7.59. The molecule has 0 unspecified atom stereocenters. The number of nitrogens with one attached hydrogen (secondary N) is 4. The molecule has 0 heterocycles. The Morgan fingerprint density at radius 2 is 1.22 bits per heavy atom. The highest BCUT2D eigenvalue weighted by Gasteiger charge is 2.30. The number of nitrogens with two attached hydrogens (primary N) is 2. The predicted molar refractivity (Wildman–Crippen MR) is 275 cm³/mol. The molecule has 0 aliphatic carbocycles. The highest BCUT2D eigenvalue weighted by Crippen LogP contribution is 2.45. The molecule has 0 aliphatic heterocycles. The van der Waals surface area contributed by atoms with Crippen molar-refractivity contribution in [2.75, 3.05) is 26.3 Å². The van der Waals surface area contributed by atoms with Gasteiger partial charge in [0.15, 0.2) is 6.61 Å². The minimum atomic E-state index is -1.10. The number of fused-ring (bicyclic) bond motifs is 2. The fraction of sp³-hybridized carbons (Fsp3) is 0.353. The van der Waals surface area contributed by atoms with Crippen LogP contribution in [0.25, 0.3) is 32.7 Å². The zero-order valence-corrected chi connectivity index (χ0v) is 43.1. The van der Waals surface area contributed by atoms with E-state index in [-0.39, 0.29) is 89.0 Å². The van der Waals surface area contributed by atoms with E-state index in [4.69, 9.17) is 25.7 Å². The summed E-state index contributed by atoms with van der Waals surface area (Å²) in [4.78, 5) is 57.9. The second-order valence-corrected chi connectivity index (χ2v) is 17.2. The van der Waals surface area contributed by atoms with Gasteiger partial charge in [0.1, 0.15) is 36.2 Å². The molecule has 5 aromatic rings. The fourth-order valence-electron chi connectivity index (χ4n) is 7.29. The Bertz CT molecular complexity index is 2460. The average Bonchev–Trinajstić information content (AvgIpc) is 3.29. The number of unbranched alkanes of at least 4 members (excludes halogenated alkanes) is 1. The predicted octanol–water partition coefficient (Wildman–Crippen LogP) is -1.98. The zero-order valence-electron chi connectivity index (χ0n) is 39.6. The van der Waals surface area contributed by atoms with Crippen molar-refractivity contribution in [3.05, 3.63) is 121 Å². The summed E-state index contributed by atoms with van der Waals surface area (Å²) in [5.74, 6) is -1.21. The zero-order chi connectivity index (χ0) is 46.8. The van der Waals surface area contributed by atoms with Gasteiger partial charge in [-0.05, 0) is 83.2 Å². The molecular formula is C51H69Cl2N7O7S2. The van der Waals surface area contributed by atoms with E-state index in [1.807, 2.05) is 97.1 Å². The highest BCUT2D eigenvalue weighted by atomic mass is 35.5. The van der Waals surface area contributed by atoms with E-state index in [1.165, 1.54) is 6.08 Å². The van der Waals surface area contributed by atoms with Gasteiger partial charge < -0.3 is 60.7 Å². The van der Waals surface area contributed by atoms with Crippen molar-refractivity contribution >= 4 is 78.2 Å². The summed E-state index contributed by atoms with van der Waals surface area (Å²) < 4.78 is 18.5. The third-order valence-electron chi connectivity index (χ3n) is 10.6. The molecule has 69 heavy (non-hydrogen) atoms. The topological polar surface area (TPSA) is 226 Å². The summed E-state index contributed by atoms with van der Waals surface area (Å²) in [6.45, 7) is 11.1. The number of benzene rings is 5. The summed E-state index contributed by atoms with van der Waals surface area (Å²) in [6, 6.07) is 29.9. The smallest absolute Gasteiger partial charge is 0.338 e. The van der Waals surface area contributed by atoms with Gasteiger partial charge in [0.05, 0.1) is 19.7 Å². The number of carbonyl (C=O) groups excluding carboxylic acids is 4. The number of quaternary nitrogens is 1. The van der Waals surface area contributed by atoms with Crippen LogP contribution in [0.5, 0.6) is 11.5 Å². The Kier molecular flexibility index (Phi) is 27.4. The van der Waals surface area contributed by atoms with Gasteiger partial charge in [0.25, 0.3) is 5.91 Å². The average molecular weight is 1030 g/mol. The first-order valence-electron chi connectivity index (χ1n) is 22.2. The number of rotatable bonds is 24. The van der Waals surface area contributed by atoms with Crippen LogP contribution in [0.2, 0.25) is 0 Å². The van der Waals surface area contributed by atoms with Crippen molar-refractivity contribution in [3.63, 3.8) is 0 Å². The van der Waals surface area contributed by atoms with Gasteiger partial charge in [-0.15, -0.1) is 6.58 Å². The Morgan fingerprint density at radius 1 is 0.696 bits per heavy atom. The lowest BCUT2D eigenvalue weighted by molar-refractivity contribution is -0.459. The van der Waals surface area contributed by atoms with Crippen molar-refractivity contribution in [1.82, 2.24) is 16.0 Å².